The summed E-state index contributed by atoms with van der Waals surface area (Å²) in [6.07, 6.45) is 44.4. The second kappa shape index (κ2) is 60.3. The summed E-state index contributed by atoms with van der Waals surface area (Å²) in [6, 6.07) is 0. The molecular weight excluding hydrogens is 1150 g/mol. The molecule has 0 amide bonds. The average Bonchev–Trinajstić information content (AvgIpc) is 3.49. The molecule has 0 saturated carbocycles. The van der Waals surface area contributed by atoms with E-state index in [1.807, 2.05) is 0 Å². The Balaban J connectivity index is 5.25. The van der Waals surface area contributed by atoms with E-state index in [-0.39, 0.29) is 25.7 Å². The lowest BCUT2D eigenvalue weighted by molar-refractivity contribution is -0.161. The van der Waals surface area contributed by atoms with Gasteiger partial charge in [0.15, 0.2) is 12.2 Å². The Hall–Kier alpha value is -1.94. The first-order valence-electron chi connectivity index (χ1n) is 35.5. The van der Waals surface area contributed by atoms with Crippen molar-refractivity contribution >= 4 is 39.5 Å². The van der Waals surface area contributed by atoms with E-state index in [2.05, 4.69) is 41.5 Å². The molecule has 19 heteroatoms. The van der Waals surface area contributed by atoms with Crippen molar-refractivity contribution in [3.63, 3.8) is 0 Å². The Labute approximate surface area is 530 Å². The fourth-order valence-corrected chi connectivity index (χ4v) is 11.8. The second-order valence-electron chi connectivity index (χ2n) is 25.5. The Morgan fingerprint density at radius 3 is 0.782 bits per heavy atom. The van der Waals surface area contributed by atoms with E-state index in [0.717, 1.165) is 102 Å². The van der Waals surface area contributed by atoms with Gasteiger partial charge in [0.1, 0.15) is 19.3 Å². The Morgan fingerprint density at radius 1 is 0.310 bits per heavy atom. The second-order valence-corrected chi connectivity index (χ2v) is 28.4. The summed E-state index contributed by atoms with van der Waals surface area (Å²) in [7, 11) is -9.89. The highest BCUT2D eigenvalue weighted by Gasteiger charge is 2.30. The minimum atomic E-state index is -4.95. The molecule has 0 fully saturated rings. The number of esters is 4. The molecule has 5 atom stereocenters. The average molecular weight is 1280 g/mol. The summed E-state index contributed by atoms with van der Waals surface area (Å²) >= 11 is 0. The zero-order valence-electron chi connectivity index (χ0n) is 56.3. The number of rotatable bonds is 67. The predicted octanol–water partition coefficient (Wildman–Crippen LogP) is 19.2. The van der Waals surface area contributed by atoms with Gasteiger partial charge in [0.2, 0.25) is 0 Å². The third-order valence-corrected chi connectivity index (χ3v) is 17.6. The van der Waals surface area contributed by atoms with Crippen LogP contribution in [0.5, 0.6) is 0 Å². The first-order chi connectivity index (χ1) is 41.9. The summed E-state index contributed by atoms with van der Waals surface area (Å²) in [5, 5.41) is 10.6. The van der Waals surface area contributed by atoms with E-state index < -0.39 is 97.5 Å². The first-order valence-corrected chi connectivity index (χ1v) is 38.5. The SMILES string of the molecule is CCCCCCCCCCCCCCCC(=O)OC[C@H](COP(=O)(O)OC[C@@H](O)COP(=O)(O)OC[C@@H](COC(=O)CCCCCCCCCC(C)C)OC(=O)CCCCCCCCCCCCC)OC(=O)CCCCCCCCCCCCC(C)C. The van der Waals surface area contributed by atoms with Crippen molar-refractivity contribution < 1.29 is 80.2 Å². The van der Waals surface area contributed by atoms with E-state index in [0.29, 0.717) is 31.6 Å². The van der Waals surface area contributed by atoms with Crippen LogP contribution in [-0.4, -0.2) is 96.7 Å². The molecular formula is C68H132O17P2. The van der Waals surface area contributed by atoms with Crippen LogP contribution < -0.4 is 0 Å². The molecule has 0 spiro atoms. The Kier molecular flexibility index (Phi) is 59.0. The summed E-state index contributed by atoms with van der Waals surface area (Å²) in [6.45, 7) is 9.47. The Morgan fingerprint density at radius 2 is 0.529 bits per heavy atom. The molecule has 3 N–H and O–H groups in total. The van der Waals surface area contributed by atoms with Gasteiger partial charge < -0.3 is 33.8 Å². The lowest BCUT2D eigenvalue weighted by Crippen LogP contribution is -2.30. The normalized spacial score (nSPS) is 14.2. The van der Waals surface area contributed by atoms with E-state index in [4.69, 9.17) is 37.0 Å². The topological polar surface area (TPSA) is 237 Å². The number of carbonyl (C=O) groups excluding carboxylic acids is 4. The quantitative estimate of drug-likeness (QED) is 0.0222. The van der Waals surface area contributed by atoms with Gasteiger partial charge in [-0.3, -0.25) is 37.3 Å². The summed E-state index contributed by atoms with van der Waals surface area (Å²) in [5.74, 6) is -0.669. The molecule has 0 rings (SSSR count). The molecule has 516 valence electrons. The fourth-order valence-electron chi connectivity index (χ4n) is 10.2. The van der Waals surface area contributed by atoms with Crippen LogP contribution in [0.25, 0.3) is 0 Å². The van der Waals surface area contributed by atoms with Gasteiger partial charge in [0.25, 0.3) is 0 Å². The zero-order chi connectivity index (χ0) is 64.3. The number of unbranched alkanes of at least 4 members (excludes halogenated alkanes) is 37. The van der Waals surface area contributed by atoms with Crippen LogP contribution in [0.1, 0.15) is 343 Å². The van der Waals surface area contributed by atoms with Crippen molar-refractivity contribution in [3.05, 3.63) is 0 Å². The maximum atomic E-state index is 13.0. The van der Waals surface area contributed by atoms with Gasteiger partial charge in [-0.1, -0.05) is 292 Å². The molecule has 0 aliphatic heterocycles. The molecule has 0 aliphatic carbocycles. The molecule has 0 radical (unpaired) electrons. The summed E-state index contributed by atoms with van der Waals surface area (Å²) in [4.78, 5) is 72.4. The van der Waals surface area contributed by atoms with Crippen molar-refractivity contribution in [1.29, 1.82) is 0 Å². The third-order valence-electron chi connectivity index (χ3n) is 15.7. The van der Waals surface area contributed by atoms with Crippen LogP contribution in [0.2, 0.25) is 0 Å². The molecule has 0 aliphatic rings. The molecule has 0 heterocycles. The van der Waals surface area contributed by atoms with Crippen molar-refractivity contribution in [2.45, 2.75) is 362 Å². The van der Waals surface area contributed by atoms with Crippen LogP contribution >= 0.6 is 15.6 Å². The molecule has 0 aromatic rings. The maximum absolute atomic E-state index is 13.0. The van der Waals surface area contributed by atoms with Gasteiger partial charge in [-0.25, -0.2) is 9.13 Å². The largest absolute Gasteiger partial charge is 0.472 e. The van der Waals surface area contributed by atoms with Crippen molar-refractivity contribution in [3.8, 4) is 0 Å². The monoisotopic (exact) mass is 1280 g/mol. The van der Waals surface area contributed by atoms with Crippen LogP contribution in [0.3, 0.4) is 0 Å². The number of hydrogen-bond donors (Lipinski definition) is 3. The molecule has 87 heavy (non-hydrogen) atoms. The number of phosphoric ester groups is 2. The molecule has 0 bridgehead atoms. The van der Waals surface area contributed by atoms with Gasteiger partial charge in [-0.05, 0) is 37.5 Å². The highest BCUT2D eigenvalue weighted by atomic mass is 31.2. The smallest absolute Gasteiger partial charge is 0.462 e. The number of aliphatic hydroxyl groups is 1. The number of hydrogen-bond acceptors (Lipinski definition) is 15. The number of ether oxygens (including phenoxy) is 4. The van der Waals surface area contributed by atoms with E-state index >= 15 is 0 Å². The Bertz CT molecular complexity index is 1700. The van der Waals surface area contributed by atoms with Gasteiger partial charge in [0.05, 0.1) is 26.4 Å². The molecule has 0 aromatic carbocycles. The molecule has 0 aromatic heterocycles. The van der Waals surface area contributed by atoms with Gasteiger partial charge in [-0.15, -0.1) is 0 Å². The van der Waals surface area contributed by atoms with Gasteiger partial charge in [-0.2, -0.15) is 0 Å². The van der Waals surface area contributed by atoms with E-state index in [1.165, 1.54) is 154 Å². The molecule has 0 saturated heterocycles. The third kappa shape index (κ3) is 62.6. The first kappa shape index (κ1) is 85.1. The van der Waals surface area contributed by atoms with Crippen molar-refractivity contribution in [2.24, 2.45) is 11.8 Å². The van der Waals surface area contributed by atoms with Crippen LogP contribution in [0, 0.1) is 11.8 Å². The fraction of sp³-hybridized carbons (Fsp3) is 0.941. The van der Waals surface area contributed by atoms with Gasteiger partial charge in [0, 0.05) is 25.7 Å². The summed E-state index contributed by atoms with van der Waals surface area (Å²) in [5.41, 5.74) is 0. The highest BCUT2D eigenvalue weighted by Crippen LogP contribution is 2.45. The van der Waals surface area contributed by atoms with Gasteiger partial charge >= 0.3 is 39.5 Å². The lowest BCUT2D eigenvalue weighted by Gasteiger charge is -2.21. The molecule has 17 nitrogen and oxygen atoms in total. The van der Waals surface area contributed by atoms with E-state index in [1.54, 1.807) is 0 Å². The number of phosphoric acid groups is 2. The maximum Gasteiger partial charge on any atom is 0.472 e. The number of aliphatic hydroxyl groups excluding tert-OH is 1. The van der Waals surface area contributed by atoms with E-state index in [9.17, 15) is 43.2 Å². The minimum Gasteiger partial charge on any atom is -0.462 e. The zero-order valence-corrected chi connectivity index (χ0v) is 58.1. The minimum absolute atomic E-state index is 0.106. The number of carbonyl (C=O) groups is 4. The van der Waals surface area contributed by atoms with Crippen molar-refractivity contribution in [2.75, 3.05) is 39.6 Å². The standard InChI is InChI=1S/C68H132O17P2/c1-7-9-11-13-15-17-19-20-22-26-32-38-44-50-65(70)78-56-63(84-68(73)53-47-41-34-28-24-23-25-30-36-42-48-60(3)4)58-82-86(74,75)80-54-62(69)55-81-87(76,77)83-59-64(57-79-66(71)51-45-39-35-29-31-37-43-49-61(5)6)85-67(72)52-46-40-33-27-21-18-16-14-12-10-8-2/h60-64,69H,7-59H2,1-6H3,(H,74,75)(H,76,77)/t62-,63-,64-/m1/s1. The lowest BCUT2D eigenvalue weighted by atomic mass is 10.0. The van der Waals surface area contributed by atoms with Crippen LogP contribution in [0.4, 0.5) is 0 Å². The molecule has 2 unspecified atom stereocenters. The van der Waals surface area contributed by atoms with Crippen LogP contribution in [-0.2, 0) is 65.4 Å². The summed E-state index contributed by atoms with van der Waals surface area (Å²) < 4.78 is 68.2. The van der Waals surface area contributed by atoms with Crippen molar-refractivity contribution in [1.82, 2.24) is 0 Å². The highest BCUT2D eigenvalue weighted by molar-refractivity contribution is 7.47. The predicted molar refractivity (Wildman–Crippen MR) is 349 cm³/mol. The van der Waals surface area contributed by atoms with Crippen LogP contribution in [0.15, 0.2) is 0 Å².